The van der Waals surface area contributed by atoms with Crippen LogP contribution in [-0.4, -0.2) is 24.9 Å². The fourth-order valence-electron chi connectivity index (χ4n) is 7.47. The van der Waals surface area contributed by atoms with E-state index in [1.165, 1.54) is 40.3 Å². The molecule has 56 heavy (non-hydrogen) atoms. The third-order valence-corrected chi connectivity index (χ3v) is 12.5. The van der Waals surface area contributed by atoms with E-state index in [1.54, 1.807) is 12.4 Å². The molecule has 0 amide bonds. The van der Waals surface area contributed by atoms with Crippen molar-refractivity contribution < 1.29 is 0 Å². The molecule has 11 rings (SSSR count). The van der Waals surface area contributed by atoms with Crippen LogP contribution in [0.2, 0.25) is 0 Å². The second kappa shape index (κ2) is 13.4. The molecular formula is C49H29N5S2. The van der Waals surface area contributed by atoms with Crippen LogP contribution < -0.4 is 0 Å². The summed E-state index contributed by atoms with van der Waals surface area (Å²) >= 11 is 3.67. The van der Waals surface area contributed by atoms with Gasteiger partial charge in [-0.2, -0.15) is 0 Å². The summed E-state index contributed by atoms with van der Waals surface area (Å²) in [6.45, 7) is 0. The lowest BCUT2D eigenvalue weighted by molar-refractivity contribution is 1.07. The number of rotatable bonds is 6. The Morgan fingerprint density at radius 2 is 0.679 bits per heavy atom. The van der Waals surface area contributed by atoms with Crippen molar-refractivity contribution in [1.29, 1.82) is 0 Å². The summed E-state index contributed by atoms with van der Waals surface area (Å²) in [7, 11) is 0. The lowest BCUT2D eigenvalue weighted by Gasteiger charge is -2.13. The van der Waals surface area contributed by atoms with E-state index in [1.807, 2.05) is 83.3 Å². The minimum absolute atomic E-state index is 0.596. The van der Waals surface area contributed by atoms with E-state index in [0.717, 1.165) is 44.5 Å². The van der Waals surface area contributed by atoms with Crippen LogP contribution in [0, 0.1) is 0 Å². The fourth-order valence-corrected chi connectivity index (χ4v) is 9.64. The molecule has 7 heteroatoms. The number of benzene rings is 7. The first-order valence-corrected chi connectivity index (χ1v) is 20.0. The van der Waals surface area contributed by atoms with Crippen molar-refractivity contribution in [3.8, 4) is 67.8 Å². The highest BCUT2D eigenvalue weighted by atomic mass is 32.1. The lowest BCUT2D eigenvalue weighted by Crippen LogP contribution is -2.00. The fraction of sp³-hybridized carbons (Fsp3) is 0. The molecule has 0 bridgehead atoms. The molecule has 11 aromatic rings. The van der Waals surface area contributed by atoms with Gasteiger partial charge in [0.2, 0.25) is 0 Å². The third-order valence-electron chi connectivity index (χ3n) is 10.2. The van der Waals surface area contributed by atoms with Crippen LogP contribution >= 0.6 is 22.7 Å². The summed E-state index contributed by atoms with van der Waals surface area (Å²) in [6.07, 6.45) is 3.51. The zero-order valence-electron chi connectivity index (χ0n) is 29.8. The molecule has 4 heterocycles. The zero-order chi connectivity index (χ0) is 37.0. The van der Waals surface area contributed by atoms with E-state index in [9.17, 15) is 0 Å². The van der Waals surface area contributed by atoms with Crippen LogP contribution in [0.3, 0.4) is 0 Å². The van der Waals surface area contributed by atoms with Crippen molar-refractivity contribution in [3.05, 3.63) is 176 Å². The number of hydrogen-bond acceptors (Lipinski definition) is 7. The maximum Gasteiger partial charge on any atom is 0.164 e. The monoisotopic (exact) mass is 751 g/mol. The molecule has 0 aliphatic heterocycles. The largest absolute Gasteiger partial charge is 0.237 e. The average Bonchev–Trinajstić information content (AvgIpc) is 3.84. The molecular weight excluding hydrogens is 723 g/mol. The van der Waals surface area contributed by atoms with Gasteiger partial charge in [0.1, 0.15) is 0 Å². The van der Waals surface area contributed by atoms with E-state index < -0.39 is 0 Å². The Kier molecular flexibility index (Phi) is 7.79. The normalized spacial score (nSPS) is 11.6. The van der Waals surface area contributed by atoms with Gasteiger partial charge in [-0.05, 0) is 82.9 Å². The Hall–Kier alpha value is -6.93. The molecule has 0 saturated carbocycles. The van der Waals surface area contributed by atoms with Crippen LogP contribution in [0.15, 0.2) is 176 Å². The molecule has 5 nitrogen and oxygen atoms in total. The molecule has 0 aliphatic carbocycles. The van der Waals surface area contributed by atoms with Gasteiger partial charge in [-0.15, -0.1) is 22.7 Å². The summed E-state index contributed by atoms with van der Waals surface area (Å²) in [6, 6.07) is 57.7. The molecule has 0 unspecified atom stereocenters. The first-order chi connectivity index (χ1) is 27.7. The van der Waals surface area contributed by atoms with Gasteiger partial charge >= 0.3 is 0 Å². The quantitative estimate of drug-likeness (QED) is 0.169. The van der Waals surface area contributed by atoms with Gasteiger partial charge in [0, 0.05) is 75.0 Å². The van der Waals surface area contributed by atoms with Crippen molar-refractivity contribution in [1.82, 2.24) is 24.9 Å². The molecule has 4 aromatic heterocycles. The highest BCUT2D eigenvalue weighted by molar-refractivity contribution is 7.26. The van der Waals surface area contributed by atoms with Gasteiger partial charge < -0.3 is 0 Å². The van der Waals surface area contributed by atoms with E-state index in [4.69, 9.17) is 15.0 Å². The highest BCUT2D eigenvalue weighted by Gasteiger charge is 2.17. The average molecular weight is 752 g/mol. The lowest BCUT2D eigenvalue weighted by atomic mass is 9.94. The molecule has 262 valence electrons. The predicted octanol–water partition coefficient (Wildman–Crippen LogP) is 13.4. The van der Waals surface area contributed by atoms with Gasteiger partial charge in [-0.1, -0.05) is 103 Å². The Bertz CT molecular complexity index is 3110. The van der Waals surface area contributed by atoms with Crippen LogP contribution in [0.1, 0.15) is 0 Å². The minimum Gasteiger partial charge on any atom is -0.237 e. The first kappa shape index (κ1) is 32.5. The second-order valence-corrected chi connectivity index (χ2v) is 15.9. The van der Waals surface area contributed by atoms with E-state index in [-0.39, 0.29) is 0 Å². The number of nitrogens with zero attached hydrogens (tertiary/aromatic N) is 5. The van der Waals surface area contributed by atoms with E-state index in [2.05, 4.69) is 113 Å². The predicted molar refractivity (Wildman–Crippen MR) is 234 cm³/mol. The van der Waals surface area contributed by atoms with Gasteiger partial charge in [-0.25, -0.2) is 24.9 Å². The van der Waals surface area contributed by atoms with Gasteiger partial charge in [0.05, 0.1) is 0 Å². The second-order valence-electron chi connectivity index (χ2n) is 13.7. The smallest absolute Gasteiger partial charge is 0.164 e. The maximum atomic E-state index is 5.19. The van der Waals surface area contributed by atoms with Crippen molar-refractivity contribution in [2.24, 2.45) is 0 Å². The number of aromatic nitrogens is 5. The summed E-state index contributed by atoms with van der Waals surface area (Å²) in [5.41, 5.74) is 8.12. The highest BCUT2D eigenvalue weighted by Crippen LogP contribution is 2.41. The van der Waals surface area contributed by atoms with E-state index in [0.29, 0.717) is 23.3 Å². The SMILES string of the molecule is c1ccc(-c2nc(-c3ccc(-c4ncccn4)cc3)nc(-c3cc(-c4ccc5sc6ccccc6c5c4)cc(-c4ccc5sc6ccccc6c5c4)c3)n2)cc1. The number of thiophene rings is 2. The van der Waals surface area contributed by atoms with Crippen LogP contribution in [0.25, 0.3) is 108 Å². The molecule has 7 aromatic carbocycles. The summed E-state index contributed by atoms with van der Waals surface area (Å²) in [4.78, 5) is 24.2. The van der Waals surface area contributed by atoms with Crippen LogP contribution in [0.4, 0.5) is 0 Å². The molecule has 0 saturated heterocycles. The Morgan fingerprint density at radius 1 is 0.268 bits per heavy atom. The molecule has 0 radical (unpaired) electrons. The van der Waals surface area contributed by atoms with Gasteiger partial charge in [0.15, 0.2) is 23.3 Å². The summed E-state index contributed by atoms with van der Waals surface area (Å²) in [5.74, 6) is 2.49. The maximum absolute atomic E-state index is 5.19. The van der Waals surface area contributed by atoms with Gasteiger partial charge in [0.25, 0.3) is 0 Å². The minimum atomic E-state index is 0.596. The number of fused-ring (bicyclic) bond motifs is 6. The molecule has 0 aliphatic rings. The Balaban J connectivity index is 1.11. The topological polar surface area (TPSA) is 64.5 Å². The third kappa shape index (κ3) is 5.82. The van der Waals surface area contributed by atoms with E-state index >= 15 is 0 Å². The van der Waals surface area contributed by atoms with Crippen molar-refractivity contribution in [2.45, 2.75) is 0 Å². The van der Waals surface area contributed by atoms with Crippen LogP contribution in [0.5, 0.6) is 0 Å². The summed E-state index contributed by atoms with van der Waals surface area (Å²) < 4.78 is 5.14. The van der Waals surface area contributed by atoms with Crippen LogP contribution in [-0.2, 0) is 0 Å². The summed E-state index contributed by atoms with van der Waals surface area (Å²) in [5, 5.41) is 5.08. The van der Waals surface area contributed by atoms with Crippen molar-refractivity contribution >= 4 is 63.0 Å². The molecule has 0 spiro atoms. The molecule has 0 fully saturated rings. The van der Waals surface area contributed by atoms with Crippen molar-refractivity contribution in [2.75, 3.05) is 0 Å². The molecule has 0 atom stereocenters. The Labute approximate surface area is 330 Å². The van der Waals surface area contributed by atoms with Crippen molar-refractivity contribution in [3.63, 3.8) is 0 Å². The zero-order valence-corrected chi connectivity index (χ0v) is 31.4. The van der Waals surface area contributed by atoms with Gasteiger partial charge in [-0.3, -0.25) is 0 Å². The molecule has 0 N–H and O–H groups in total. The number of hydrogen-bond donors (Lipinski definition) is 0. The first-order valence-electron chi connectivity index (χ1n) is 18.4. The standard InChI is InChI=1S/C49H29N5S2/c1-2-9-30(10-3-1)47-52-48(32-17-15-31(16-18-32)46-50-23-8-24-51-46)54-49(53-47)37-26-35(33-19-21-44-40(28-33)38-11-4-6-13-42(38)55-44)25-36(27-37)34-20-22-45-41(29-34)39-12-5-7-14-43(39)56-45/h1-29H. The Morgan fingerprint density at radius 3 is 1.23 bits per heavy atom.